The van der Waals surface area contributed by atoms with Crippen molar-refractivity contribution in [3.05, 3.63) is 48.0 Å². The highest BCUT2D eigenvalue weighted by Gasteiger charge is 2.44. The smallest absolute Gasteiger partial charge is 0.226 e. The monoisotopic (exact) mass is 354 g/mol. The van der Waals surface area contributed by atoms with Crippen LogP contribution in [0.1, 0.15) is 44.1 Å². The first-order chi connectivity index (χ1) is 12.5. The summed E-state index contributed by atoms with van der Waals surface area (Å²) in [5.74, 6) is 1.18. The van der Waals surface area contributed by atoms with Gasteiger partial charge in [-0.3, -0.25) is 4.79 Å². The zero-order chi connectivity index (χ0) is 18.1. The lowest BCUT2D eigenvalue weighted by Gasteiger charge is -2.45. The van der Waals surface area contributed by atoms with Gasteiger partial charge >= 0.3 is 0 Å². The van der Waals surface area contributed by atoms with Gasteiger partial charge in [-0.15, -0.1) is 0 Å². The first-order valence-corrected chi connectivity index (χ1v) is 9.33. The second kappa shape index (κ2) is 6.83. The highest BCUT2D eigenvalue weighted by molar-refractivity contribution is 5.80. The van der Waals surface area contributed by atoms with Crippen LogP contribution in [0.5, 0.6) is 0 Å². The quantitative estimate of drug-likeness (QED) is 0.847. The predicted octanol–water partition coefficient (Wildman–Crippen LogP) is 2.66. The van der Waals surface area contributed by atoms with Crippen LogP contribution in [0.4, 0.5) is 0 Å². The molecule has 1 aromatic carbocycles. The molecule has 1 amide bonds. The van der Waals surface area contributed by atoms with Gasteiger partial charge in [0.05, 0.1) is 19.8 Å². The van der Waals surface area contributed by atoms with Crippen LogP contribution >= 0.6 is 0 Å². The number of benzene rings is 1. The highest BCUT2D eigenvalue weighted by atomic mass is 16.5. The summed E-state index contributed by atoms with van der Waals surface area (Å²) < 4.78 is 7.58. The molecule has 6 heteroatoms. The Morgan fingerprint density at radius 1 is 1.27 bits per heavy atom. The molecule has 1 aromatic heterocycles. The van der Waals surface area contributed by atoms with Crippen LogP contribution in [0, 0.1) is 11.3 Å². The van der Waals surface area contributed by atoms with E-state index in [0.29, 0.717) is 26.3 Å². The average molecular weight is 354 g/mol. The van der Waals surface area contributed by atoms with Crippen molar-refractivity contribution in [1.29, 1.82) is 0 Å². The maximum absolute atomic E-state index is 13.1. The SMILES string of the molecule is CC1(C)CC(C(=O)N2CCOCC2c2ncnn2Cc2ccccc2)C1. The van der Waals surface area contributed by atoms with Gasteiger partial charge in [-0.05, 0) is 23.8 Å². The molecule has 1 unspecified atom stereocenters. The molecule has 2 aliphatic rings. The molecular formula is C20H26N4O2. The van der Waals surface area contributed by atoms with Gasteiger partial charge in [-0.2, -0.15) is 5.10 Å². The Balaban J connectivity index is 1.54. The van der Waals surface area contributed by atoms with Crippen molar-refractivity contribution >= 4 is 5.91 Å². The largest absolute Gasteiger partial charge is 0.377 e. The summed E-state index contributed by atoms with van der Waals surface area (Å²) in [4.78, 5) is 19.5. The molecular weight excluding hydrogens is 328 g/mol. The molecule has 0 N–H and O–H groups in total. The van der Waals surface area contributed by atoms with Gasteiger partial charge in [-0.1, -0.05) is 44.2 Å². The summed E-state index contributed by atoms with van der Waals surface area (Å²) in [6, 6.07) is 10.0. The minimum absolute atomic E-state index is 0.135. The molecule has 1 atom stereocenters. The van der Waals surface area contributed by atoms with Gasteiger partial charge in [0, 0.05) is 12.5 Å². The number of rotatable bonds is 4. The minimum Gasteiger partial charge on any atom is -0.377 e. The van der Waals surface area contributed by atoms with Gasteiger partial charge < -0.3 is 9.64 Å². The molecule has 1 saturated carbocycles. The summed E-state index contributed by atoms with van der Waals surface area (Å²) in [5.41, 5.74) is 1.45. The van der Waals surface area contributed by atoms with Crippen molar-refractivity contribution in [2.45, 2.75) is 39.3 Å². The van der Waals surface area contributed by atoms with Crippen LogP contribution in [-0.4, -0.2) is 45.3 Å². The predicted molar refractivity (Wildman–Crippen MR) is 97.3 cm³/mol. The Labute approximate surface area is 154 Å². The summed E-state index contributed by atoms with van der Waals surface area (Å²) >= 11 is 0. The van der Waals surface area contributed by atoms with Crippen molar-refractivity contribution in [2.24, 2.45) is 11.3 Å². The lowest BCUT2D eigenvalue weighted by molar-refractivity contribution is -0.152. The maximum atomic E-state index is 13.1. The number of morpholine rings is 1. The van der Waals surface area contributed by atoms with E-state index >= 15 is 0 Å². The highest BCUT2D eigenvalue weighted by Crippen LogP contribution is 2.46. The zero-order valence-corrected chi connectivity index (χ0v) is 15.5. The Hall–Kier alpha value is -2.21. The molecule has 4 rings (SSSR count). The number of hydrogen-bond acceptors (Lipinski definition) is 4. The summed E-state index contributed by atoms with van der Waals surface area (Å²) in [6.07, 6.45) is 3.50. The number of carbonyl (C=O) groups excluding carboxylic acids is 1. The molecule has 138 valence electrons. The number of carbonyl (C=O) groups is 1. The van der Waals surface area contributed by atoms with E-state index in [-0.39, 0.29) is 23.3 Å². The molecule has 6 nitrogen and oxygen atoms in total. The number of amides is 1. The first-order valence-electron chi connectivity index (χ1n) is 9.33. The first kappa shape index (κ1) is 17.2. The third kappa shape index (κ3) is 3.38. The lowest BCUT2D eigenvalue weighted by atomic mass is 9.64. The Morgan fingerprint density at radius 3 is 2.77 bits per heavy atom. The van der Waals surface area contributed by atoms with E-state index in [0.717, 1.165) is 24.2 Å². The summed E-state index contributed by atoms with van der Waals surface area (Å²) in [6.45, 7) is 6.79. The van der Waals surface area contributed by atoms with E-state index in [4.69, 9.17) is 4.74 Å². The molecule has 1 saturated heterocycles. The van der Waals surface area contributed by atoms with Crippen molar-refractivity contribution in [1.82, 2.24) is 19.7 Å². The minimum atomic E-state index is -0.161. The van der Waals surface area contributed by atoms with Crippen LogP contribution < -0.4 is 0 Å². The third-order valence-corrected chi connectivity index (χ3v) is 5.48. The fraction of sp³-hybridized carbons (Fsp3) is 0.550. The number of nitrogens with zero attached hydrogens (tertiary/aromatic N) is 4. The fourth-order valence-electron chi connectivity index (χ4n) is 4.17. The van der Waals surface area contributed by atoms with Crippen LogP contribution in [0.15, 0.2) is 36.7 Å². The number of hydrogen-bond donors (Lipinski definition) is 0. The van der Waals surface area contributed by atoms with Crippen LogP contribution in [0.25, 0.3) is 0 Å². The van der Waals surface area contributed by atoms with Crippen LogP contribution in [-0.2, 0) is 16.1 Å². The molecule has 1 aliphatic heterocycles. The summed E-state index contributed by atoms with van der Waals surface area (Å²) in [5, 5.41) is 4.39. The Morgan fingerprint density at radius 2 is 2.04 bits per heavy atom. The van der Waals surface area contributed by atoms with Gasteiger partial charge in [0.2, 0.25) is 5.91 Å². The van der Waals surface area contributed by atoms with Crippen molar-refractivity contribution in [3.63, 3.8) is 0 Å². The molecule has 2 fully saturated rings. The van der Waals surface area contributed by atoms with Gasteiger partial charge in [0.1, 0.15) is 12.4 Å². The van der Waals surface area contributed by atoms with Crippen LogP contribution in [0.2, 0.25) is 0 Å². The Bertz CT molecular complexity index is 763. The van der Waals surface area contributed by atoms with Gasteiger partial charge in [-0.25, -0.2) is 9.67 Å². The molecule has 2 aromatic rings. The normalized spacial score (nSPS) is 22.8. The van der Waals surface area contributed by atoms with E-state index in [1.807, 2.05) is 27.8 Å². The number of aromatic nitrogens is 3. The molecule has 0 bridgehead atoms. The van der Waals surface area contributed by atoms with Crippen LogP contribution in [0.3, 0.4) is 0 Å². The second-order valence-corrected chi connectivity index (χ2v) is 8.15. The topological polar surface area (TPSA) is 60.3 Å². The molecule has 1 aliphatic carbocycles. The van der Waals surface area contributed by atoms with Crippen molar-refractivity contribution in [2.75, 3.05) is 19.8 Å². The Kier molecular flexibility index (Phi) is 4.53. The van der Waals surface area contributed by atoms with Gasteiger partial charge in [0.15, 0.2) is 5.82 Å². The van der Waals surface area contributed by atoms with E-state index in [9.17, 15) is 4.79 Å². The van der Waals surface area contributed by atoms with E-state index < -0.39 is 0 Å². The molecule has 0 spiro atoms. The number of ether oxygens (including phenoxy) is 1. The van der Waals surface area contributed by atoms with E-state index in [1.54, 1.807) is 6.33 Å². The maximum Gasteiger partial charge on any atom is 0.226 e. The van der Waals surface area contributed by atoms with Crippen molar-refractivity contribution in [3.8, 4) is 0 Å². The van der Waals surface area contributed by atoms with E-state index in [2.05, 4.69) is 36.1 Å². The lowest BCUT2D eigenvalue weighted by Crippen LogP contribution is -2.50. The standard InChI is InChI=1S/C20H26N4O2/c1-20(2)10-16(11-20)19(25)23-8-9-26-13-17(23)18-21-14-22-24(18)12-15-6-4-3-5-7-15/h3-7,14,16-17H,8-13H2,1-2H3. The van der Waals surface area contributed by atoms with Crippen molar-refractivity contribution < 1.29 is 9.53 Å². The van der Waals surface area contributed by atoms with Gasteiger partial charge in [0.25, 0.3) is 0 Å². The molecule has 2 heterocycles. The molecule has 26 heavy (non-hydrogen) atoms. The third-order valence-electron chi connectivity index (χ3n) is 5.48. The van der Waals surface area contributed by atoms with E-state index in [1.165, 1.54) is 0 Å². The molecule has 0 radical (unpaired) electrons. The fourth-order valence-corrected chi connectivity index (χ4v) is 4.17. The summed E-state index contributed by atoms with van der Waals surface area (Å²) in [7, 11) is 0. The zero-order valence-electron chi connectivity index (χ0n) is 15.5. The average Bonchev–Trinajstić information content (AvgIpc) is 3.08. The second-order valence-electron chi connectivity index (χ2n) is 8.15.